The van der Waals surface area contributed by atoms with Gasteiger partial charge in [-0.15, -0.1) is 0 Å². The number of nitrogens with zero attached hydrogens (tertiary/aromatic N) is 1. The molecule has 1 atom stereocenters. The van der Waals surface area contributed by atoms with Gasteiger partial charge in [-0.05, 0) is 36.6 Å². The zero-order valence-corrected chi connectivity index (χ0v) is 14.2. The molecule has 1 aliphatic heterocycles. The van der Waals surface area contributed by atoms with Crippen LogP contribution in [0, 0.1) is 0 Å². The Morgan fingerprint density at radius 3 is 2.58 bits per heavy atom. The molecular weight excluding hydrogens is 338 g/mol. The van der Waals surface area contributed by atoms with Crippen molar-refractivity contribution in [3.8, 4) is 0 Å². The summed E-state index contributed by atoms with van der Waals surface area (Å²) >= 11 is 0. The van der Waals surface area contributed by atoms with E-state index in [1.54, 1.807) is 0 Å². The van der Waals surface area contributed by atoms with Crippen molar-refractivity contribution in [2.75, 3.05) is 20.8 Å². The molecule has 8 nitrogen and oxygen atoms in total. The van der Waals surface area contributed by atoms with E-state index in [0.717, 1.165) is 4.31 Å². The highest BCUT2D eigenvalue weighted by Crippen LogP contribution is 2.28. The largest absolute Gasteiger partial charge is 0.480 e. The molecule has 2 rings (SSSR count). The molecule has 1 aromatic carbocycles. The third-order valence-electron chi connectivity index (χ3n) is 3.79. The third kappa shape index (κ3) is 3.58. The lowest BCUT2D eigenvalue weighted by Gasteiger charge is -2.21. The monoisotopic (exact) mass is 357 g/mol. The number of aliphatic carboxylic acids is 1. The van der Waals surface area contributed by atoms with Gasteiger partial charge in [-0.3, -0.25) is 4.79 Å². The molecule has 132 valence electrons. The summed E-state index contributed by atoms with van der Waals surface area (Å²) in [6.07, 6.45) is 0.730. The molecular formula is C15H19NO7S. The van der Waals surface area contributed by atoms with Crippen molar-refractivity contribution in [2.24, 2.45) is 0 Å². The lowest BCUT2D eigenvalue weighted by atomic mass is 10.1. The highest BCUT2D eigenvalue weighted by molar-refractivity contribution is 7.89. The van der Waals surface area contributed by atoms with Gasteiger partial charge >= 0.3 is 11.9 Å². The summed E-state index contributed by atoms with van der Waals surface area (Å²) in [6.45, 7) is 0.233. The number of carbonyl (C=O) groups excluding carboxylic acids is 1. The first-order valence-corrected chi connectivity index (χ1v) is 8.71. The summed E-state index contributed by atoms with van der Waals surface area (Å²) < 4.78 is 36.3. The minimum Gasteiger partial charge on any atom is -0.480 e. The van der Waals surface area contributed by atoms with Crippen molar-refractivity contribution in [1.29, 1.82) is 0 Å². The van der Waals surface area contributed by atoms with Crippen molar-refractivity contribution in [2.45, 2.75) is 30.4 Å². The zero-order valence-electron chi connectivity index (χ0n) is 13.4. The van der Waals surface area contributed by atoms with Gasteiger partial charge in [0.25, 0.3) is 0 Å². The first-order valence-electron chi connectivity index (χ1n) is 7.27. The van der Waals surface area contributed by atoms with Crippen LogP contribution in [0.4, 0.5) is 0 Å². The van der Waals surface area contributed by atoms with Gasteiger partial charge in [-0.1, -0.05) is 0 Å². The predicted molar refractivity (Wildman–Crippen MR) is 83.0 cm³/mol. The minimum absolute atomic E-state index is 0.0664. The Kier molecular flexibility index (Phi) is 5.58. The second-order valence-electron chi connectivity index (χ2n) is 5.40. The van der Waals surface area contributed by atoms with Crippen LogP contribution in [0.5, 0.6) is 0 Å². The molecule has 1 heterocycles. The molecule has 0 unspecified atom stereocenters. The fraction of sp³-hybridized carbons (Fsp3) is 0.467. The van der Waals surface area contributed by atoms with Crippen LogP contribution in [-0.2, 0) is 30.9 Å². The topological polar surface area (TPSA) is 110 Å². The van der Waals surface area contributed by atoms with Crippen LogP contribution in [0.15, 0.2) is 23.1 Å². The molecule has 24 heavy (non-hydrogen) atoms. The lowest BCUT2D eigenvalue weighted by Crippen LogP contribution is -2.40. The standard InChI is InChI=1S/C15H19NO7S/c1-22-9-10-6-11(15(19)23-2)8-12(7-10)24(20,21)16-5-3-4-13(16)14(17)18/h6-8,13H,3-5,9H2,1-2H3,(H,17,18)/t13-/m0/s1. The number of benzene rings is 1. The lowest BCUT2D eigenvalue weighted by molar-refractivity contribution is -0.140. The average molecular weight is 357 g/mol. The SMILES string of the molecule is COCc1cc(C(=O)OC)cc(S(=O)(=O)N2CCC[C@H]2C(=O)O)c1. The van der Waals surface area contributed by atoms with Crippen LogP contribution in [0.1, 0.15) is 28.8 Å². The van der Waals surface area contributed by atoms with Crippen LogP contribution in [0.2, 0.25) is 0 Å². The minimum atomic E-state index is -4.05. The molecule has 1 aromatic rings. The van der Waals surface area contributed by atoms with Gasteiger partial charge in [0.1, 0.15) is 6.04 Å². The third-order valence-corrected chi connectivity index (χ3v) is 5.68. The van der Waals surface area contributed by atoms with Gasteiger partial charge in [0.05, 0.1) is 24.2 Å². The summed E-state index contributed by atoms with van der Waals surface area (Å²) in [5.74, 6) is -1.86. The van der Waals surface area contributed by atoms with E-state index >= 15 is 0 Å². The highest BCUT2D eigenvalue weighted by Gasteiger charge is 2.39. The van der Waals surface area contributed by atoms with Gasteiger partial charge in [0.15, 0.2) is 0 Å². The maximum Gasteiger partial charge on any atom is 0.337 e. The Hall–Kier alpha value is -1.97. The number of hydrogen-bond acceptors (Lipinski definition) is 6. The molecule has 0 radical (unpaired) electrons. The van der Waals surface area contributed by atoms with E-state index < -0.39 is 28.0 Å². The first-order chi connectivity index (χ1) is 11.3. The molecule has 1 N–H and O–H groups in total. The number of carboxylic acids is 1. The van der Waals surface area contributed by atoms with Gasteiger partial charge in [-0.2, -0.15) is 4.31 Å². The predicted octanol–water partition coefficient (Wildman–Crippen LogP) is 0.857. The molecule has 0 aromatic heterocycles. The fourth-order valence-corrected chi connectivity index (χ4v) is 4.45. The van der Waals surface area contributed by atoms with Gasteiger partial charge in [-0.25, -0.2) is 13.2 Å². The van der Waals surface area contributed by atoms with Crippen molar-refractivity contribution in [3.63, 3.8) is 0 Å². The Bertz CT molecular complexity index is 744. The number of carbonyl (C=O) groups is 2. The van der Waals surface area contributed by atoms with Gasteiger partial charge in [0.2, 0.25) is 10.0 Å². The molecule has 0 bridgehead atoms. The zero-order chi connectivity index (χ0) is 17.9. The van der Waals surface area contributed by atoms with Crippen molar-refractivity contribution < 1.29 is 32.6 Å². The maximum absolute atomic E-state index is 12.8. The number of rotatable bonds is 6. The second-order valence-corrected chi connectivity index (χ2v) is 7.29. The maximum atomic E-state index is 12.8. The molecule has 0 spiro atoms. The summed E-state index contributed by atoms with van der Waals surface area (Å²) in [5.41, 5.74) is 0.543. The molecule has 9 heteroatoms. The first kappa shape index (κ1) is 18.4. The van der Waals surface area contributed by atoms with E-state index in [2.05, 4.69) is 4.74 Å². The Morgan fingerprint density at radius 1 is 1.29 bits per heavy atom. The number of hydrogen-bond donors (Lipinski definition) is 1. The van der Waals surface area contributed by atoms with Crippen LogP contribution < -0.4 is 0 Å². The highest BCUT2D eigenvalue weighted by atomic mass is 32.2. The number of esters is 1. The molecule has 0 aliphatic carbocycles. The van der Waals surface area contributed by atoms with E-state index in [9.17, 15) is 23.1 Å². The van der Waals surface area contributed by atoms with Crippen molar-refractivity contribution in [3.05, 3.63) is 29.3 Å². The van der Waals surface area contributed by atoms with E-state index in [1.165, 1.54) is 32.4 Å². The second kappa shape index (κ2) is 7.29. The Morgan fingerprint density at radius 2 is 2.00 bits per heavy atom. The molecule has 0 amide bonds. The van der Waals surface area contributed by atoms with Crippen molar-refractivity contribution >= 4 is 22.0 Å². The van der Waals surface area contributed by atoms with Crippen molar-refractivity contribution in [1.82, 2.24) is 4.31 Å². The number of carboxylic acid groups (broad SMARTS) is 1. The normalized spacial score (nSPS) is 18.5. The molecule has 0 saturated carbocycles. The summed E-state index contributed by atoms with van der Waals surface area (Å²) in [6, 6.07) is 2.95. The van der Waals surface area contributed by atoms with Gasteiger partial charge in [0, 0.05) is 13.7 Å². The molecule has 1 saturated heterocycles. The van der Waals surface area contributed by atoms with Crippen LogP contribution in [-0.4, -0.2) is 56.6 Å². The Labute approximate surface area is 140 Å². The van der Waals surface area contributed by atoms with Crippen LogP contribution in [0.25, 0.3) is 0 Å². The smallest absolute Gasteiger partial charge is 0.337 e. The van der Waals surface area contributed by atoms with E-state index in [4.69, 9.17) is 4.74 Å². The van der Waals surface area contributed by atoms with E-state index in [0.29, 0.717) is 12.0 Å². The summed E-state index contributed by atoms with van der Waals surface area (Å²) in [5, 5.41) is 9.21. The van der Waals surface area contributed by atoms with Crippen LogP contribution in [0.3, 0.4) is 0 Å². The number of methoxy groups -OCH3 is 2. The van der Waals surface area contributed by atoms with E-state index in [1.807, 2.05) is 0 Å². The summed E-state index contributed by atoms with van der Waals surface area (Å²) in [7, 11) is -1.41. The quantitative estimate of drug-likeness (QED) is 0.752. The average Bonchev–Trinajstić information content (AvgIpc) is 3.04. The molecule has 1 fully saturated rings. The number of sulfonamides is 1. The fourth-order valence-electron chi connectivity index (χ4n) is 2.71. The Balaban J connectivity index is 2.50. The van der Waals surface area contributed by atoms with Gasteiger partial charge < -0.3 is 14.6 Å². The summed E-state index contributed by atoms with van der Waals surface area (Å²) in [4.78, 5) is 22.9. The molecule has 1 aliphatic rings. The van der Waals surface area contributed by atoms with E-state index in [-0.39, 0.29) is 30.0 Å². The number of ether oxygens (including phenoxy) is 2. The van der Waals surface area contributed by atoms with Crippen LogP contribution >= 0.6 is 0 Å².